The highest BCUT2D eigenvalue weighted by Gasteiger charge is 2.14. The van der Waals surface area contributed by atoms with Gasteiger partial charge >= 0.3 is 0 Å². The quantitative estimate of drug-likeness (QED) is 0.889. The van der Waals surface area contributed by atoms with Gasteiger partial charge in [0.25, 0.3) is 0 Å². The molecule has 0 radical (unpaired) electrons. The number of rotatable bonds is 5. The minimum Gasteiger partial charge on any atom is -0.326 e. The number of thiophene rings is 1. The van der Waals surface area contributed by atoms with Crippen LogP contribution in [0.2, 0.25) is 0 Å². The number of benzene rings is 1. The molecule has 0 aliphatic heterocycles. The van der Waals surface area contributed by atoms with Crippen LogP contribution in [0.5, 0.6) is 0 Å². The maximum atomic E-state index is 12.0. The van der Waals surface area contributed by atoms with Gasteiger partial charge in [0.1, 0.15) is 4.21 Å². The normalized spacial score (nSPS) is 11.2. The van der Waals surface area contributed by atoms with Crippen LogP contribution in [0.4, 0.5) is 5.69 Å². The van der Waals surface area contributed by atoms with Crippen LogP contribution >= 0.6 is 11.3 Å². The second-order valence-electron chi connectivity index (χ2n) is 4.14. The van der Waals surface area contributed by atoms with E-state index in [0.717, 1.165) is 5.56 Å². The fraction of sp³-hybridized carbons (Fsp3) is 0.154. The van der Waals surface area contributed by atoms with Crippen LogP contribution < -0.4 is 10.0 Å². The fourth-order valence-electron chi connectivity index (χ4n) is 1.63. The fourth-order valence-corrected chi connectivity index (χ4v) is 3.68. The molecule has 0 atom stereocenters. The van der Waals surface area contributed by atoms with Crippen molar-refractivity contribution in [3.8, 4) is 0 Å². The minimum atomic E-state index is -3.47. The number of hydrogen-bond acceptors (Lipinski definition) is 4. The lowest BCUT2D eigenvalue weighted by Gasteiger charge is -2.07. The molecular formula is C13H14N2O3S2. The van der Waals surface area contributed by atoms with Crippen LogP contribution in [0.15, 0.2) is 46.0 Å². The zero-order valence-electron chi connectivity index (χ0n) is 10.8. The molecule has 20 heavy (non-hydrogen) atoms. The molecule has 7 heteroatoms. The molecule has 5 nitrogen and oxygen atoms in total. The van der Waals surface area contributed by atoms with Gasteiger partial charge in [-0.1, -0.05) is 18.2 Å². The first-order chi connectivity index (χ1) is 9.47. The molecule has 106 valence electrons. The number of sulfonamides is 1. The molecule has 0 unspecified atom stereocenters. The second-order valence-corrected chi connectivity index (χ2v) is 7.08. The van der Waals surface area contributed by atoms with Gasteiger partial charge in [0.15, 0.2) is 0 Å². The van der Waals surface area contributed by atoms with Crippen molar-refractivity contribution in [1.82, 2.24) is 4.72 Å². The van der Waals surface area contributed by atoms with E-state index in [1.165, 1.54) is 18.3 Å². The van der Waals surface area contributed by atoms with Crippen molar-refractivity contribution in [2.45, 2.75) is 17.7 Å². The van der Waals surface area contributed by atoms with E-state index in [-0.39, 0.29) is 16.7 Å². The number of nitrogens with one attached hydrogen (secondary N) is 2. The molecule has 1 aromatic heterocycles. The van der Waals surface area contributed by atoms with Gasteiger partial charge < -0.3 is 5.32 Å². The molecule has 0 fully saturated rings. The van der Waals surface area contributed by atoms with Gasteiger partial charge in [-0.15, -0.1) is 11.3 Å². The summed E-state index contributed by atoms with van der Waals surface area (Å²) in [4.78, 5) is 11.0. The Morgan fingerprint density at radius 1 is 1.25 bits per heavy atom. The first-order valence-corrected chi connectivity index (χ1v) is 8.23. The van der Waals surface area contributed by atoms with E-state index in [4.69, 9.17) is 0 Å². The largest absolute Gasteiger partial charge is 0.326 e. The van der Waals surface area contributed by atoms with Crippen molar-refractivity contribution in [2.75, 3.05) is 5.32 Å². The van der Waals surface area contributed by atoms with Gasteiger partial charge in [-0.25, -0.2) is 13.1 Å². The first kappa shape index (κ1) is 14.7. The van der Waals surface area contributed by atoms with Gasteiger partial charge in [0.2, 0.25) is 15.9 Å². The van der Waals surface area contributed by atoms with Crippen LogP contribution in [0, 0.1) is 0 Å². The third-order valence-electron chi connectivity index (χ3n) is 2.47. The SMILES string of the molecule is CC(=O)Nc1cccc(CNS(=O)(=O)c2cccs2)c1. The summed E-state index contributed by atoms with van der Waals surface area (Å²) in [7, 11) is -3.47. The highest BCUT2D eigenvalue weighted by Crippen LogP contribution is 2.16. The predicted octanol–water partition coefficient (Wildman–Crippen LogP) is 2.19. The predicted molar refractivity (Wildman–Crippen MR) is 79.1 cm³/mol. The van der Waals surface area contributed by atoms with Crippen LogP contribution in [-0.2, 0) is 21.4 Å². The second kappa shape index (κ2) is 6.17. The third kappa shape index (κ3) is 3.89. The van der Waals surface area contributed by atoms with E-state index in [1.807, 2.05) is 0 Å². The van der Waals surface area contributed by atoms with E-state index in [2.05, 4.69) is 10.0 Å². The van der Waals surface area contributed by atoms with Crippen molar-refractivity contribution in [3.05, 3.63) is 47.3 Å². The van der Waals surface area contributed by atoms with E-state index in [0.29, 0.717) is 5.69 Å². The van der Waals surface area contributed by atoms with Crippen molar-refractivity contribution < 1.29 is 13.2 Å². The zero-order valence-corrected chi connectivity index (χ0v) is 12.4. The highest BCUT2D eigenvalue weighted by atomic mass is 32.2. The Kier molecular flexibility index (Phi) is 4.53. The van der Waals surface area contributed by atoms with E-state index < -0.39 is 10.0 Å². The van der Waals surface area contributed by atoms with E-state index in [1.54, 1.807) is 41.8 Å². The molecule has 1 amide bonds. The average Bonchev–Trinajstić information content (AvgIpc) is 2.91. The molecule has 2 rings (SSSR count). The molecule has 2 N–H and O–H groups in total. The van der Waals surface area contributed by atoms with Crippen LogP contribution in [-0.4, -0.2) is 14.3 Å². The van der Waals surface area contributed by atoms with Crippen molar-refractivity contribution >= 4 is 33.0 Å². The summed E-state index contributed by atoms with van der Waals surface area (Å²) in [5.41, 5.74) is 1.42. The monoisotopic (exact) mass is 310 g/mol. The Morgan fingerprint density at radius 3 is 2.70 bits per heavy atom. The van der Waals surface area contributed by atoms with Gasteiger partial charge in [-0.05, 0) is 29.1 Å². The van der Waals surface area contributed by atoms with Crippen LogP contribution in [0.1, 0.15) is 12.5 Å². The smallest absolute Gasteiger partial charge is 0.250 e. The molecule has 0 aliphatic rings. The molecule has 1 heterocycles. The number of amides is 1. The topological polar surface area (TPSA) is 75.3 Å². The molecule has 2 aromatic rings. The van der Waals surface area contributed by atoms with Crippen molar-refractivity contribution in [2.24, 2.45) is 0 Å². The van der Waals surface area contributed by atoms with Crippen molar-refractivity contribution in [1.29, 1.82) is 0 Å². The number of hydrogen-bond donors (Lipinski definition) is 2. The number of carbonyl (C=O) groups excluding carboxylic acids is 1. The molecule has 0 saturated heterocycles. The number of carbonyl (C=O) groups is 1. The Balaban J connectivity index is 2.06. The molecule has 1 aromatic carbocycles. The van der Waals surface area contributed by atoms with Gasteiger partial charge in [0.05, 0.1) is 0 Å². The Morgan fingerprint density at radius 2 is 2.05 bits per heavy atom. The Labute approximate surface area is 121 Å². The summed E-state index contributed by atoms with van der Waals surface area (Å²) >= 11 is 1.17. The summed E-state index contributed by atoms with van der Waals surface area (Å²) in [5.74, 6) is -0.165. The first-order valence-electron chi connectivity index (χ1n) is 5.87. The zero-order chi connectivity index (χ0) is 14.6. The molecule has 0 bridgehead atoms. The average molecular weight is 310 g/mol. The summed E-state index contributed by atoms with van der Waals surface area (Å²) in [6, 6.07) is 10.3. The minimum absolute atomic E-state index is 0.165. The Bertz CT molecular complexity index is 694. The lowest BCUT2D eigenvalue weighted by Crippen LogP contribution is -2.22. The summed E-state index contributed by atoms with van der Waals surface area (Å²) < 4.78 is 26.7. The lowest BCUT2D eigenvalue weighted by molar-refractivity contribution is -0.114. The molecule has 0 saturated carbocycles. The van der Waals surface area contributed by atoms with Crippen LogP contribution in [0.3, 0.4) is 0 Å². The van der Waals surface area contributed by atoms with Crippen molar-refractivity contribution in [3.63, 3.8) is 0 Å². The molecule has 0 spiro atoms. The van der Waals surface area contributed by atoms with Gasteiger partial charge in [0, 0.05) is 19.2 Å². The molecular weight excluding hydrogens is 296 g/mol. The summed E-state index contributed by atoms with van der Waals surface area (Å²) in [6.45, 7) is 1.60. The summed E-state index contributed by atoms with van der Waals surface area (Å²) in [5, 5.41) is 4.37. The maximum absolute atomic E-state index is 12.0. The van der Waals surface area contributed by atoms with E-state index in [9.17, 15) is 13.2 Å². The van der Waals surface area contributed by atoms with Gasteiger partial charge in [-0.3, -0.25) is 4.79 Å². The Hall–Kier alpha value is -1.70. The maximum Gasteiger partial charge on any atom is 0.250 e. The molecule has 0 aliphatic carbocycles. The van der Waals surface area contributed by atoms with E-state index >= 15 is 0 Å². The standard InChI is InChI=1S/C13H14N2O3S2/c1-10(16)15-12-5-2-4-11(8-12)9-14-20(17,18)13-6-3-7-19-13/h2-8,14H,9H2,1H3,(H,15,16). The third-order valence-corrected chi connectivity index (χ3v) is 5.27. The summed E-state index contributed by atoms with van der Waals surface area (Å²) in [6.07, 6.45) is 0. The highest BCUT2D eigenvalue weighted by molar-refractivity contribution is 7.91. The van der Waals surface area contributed by atoms with Crippen LogP contribution in [0.25, 0.3) is 0 Å². The number of anilines is 1. The van der Waals surface area contributed by atoms with Gasteiger partial charge in [-0.2, -0.15) is 0 Å². The lowest BCUT2D eigenvalue weighted by atomic mass is 10.2.